The molecule has 168 valence electrons. The van der Waals surface area contributed by atoms with Gasteiger partial charge in [-0.1, -0.05) is 41.7 Å². The lowest BCUT2D eigenvalue weighted by atomic mass is 10.1. The van der Waals surface area contributed by atoms with Crippen molar-refractivity contribution in [3.8, 4) is 28.5 Å². The Kier molecular flexibility index (Phi) is 7.83. The van der Waals surface area contributed by atoms with Gasteiger partial charge in [-0.2, -0.15) is 0 Å². The third-order valence-corrected chi connectivity index (χ3v) is 5.46. The van der Waals surface area contributed by atoms with E-state index in [1.54, 1.807) is 12.1 Å². The number of thiazole rings is 1. The van der Waals surface area contributed by atoms with Crippen LogP contribution in [0.15, 0.2) is 42.5 Å². The van der Waals surface area contributed by atoms with Gasteiger partial charge in [0.15, 0.2) is 22.4 Å². The maximum atomic E-state index is 13.0. The Labute approximate surface area is 191 Å². The third kappa shape index (κ3) is 5.26. The molecule has 3 aromatic rings. The Morgan fingerprint density at radius 1 is 0.938 bits per heavy atom. The normalized spacial score (nSPS) is 10.5. The van der Waals surface area contributed by atoms with Gasteiger partial charge in [-0.05, 0) is 32.9 Å². The minimum absolute atomic E-state index is 0.111. The summed E-state index contributed by atoms with van der Waals surface area (Å²) in [5.74, 6) is 0.823. The number of carbonyl (C=O) groups excluding carboxylic acids is 2. The molecule has 32 heavy (non-hydrogen) atoms. The summed E-state index contributed by atoms with van der Waals surface area (Å²) >= 11 is 1.15. The Morgan fingerprint density at radius 3 is 2.06 bits per heavy atom. The van der Waals surface area contributed by atoms with Gasteiger partial charge in [0.25, 0.3) is 5.91 Å². The molecule has 0 radical (unpaired) electrons. The van der Waals surface area contributed by atoms with Crippen molar-refractivity contribution in [3.05, 3.63) is 52.9 Å². The number of hydrogen-bond acceptors (Lipinski definition) is 7. The lowest BCUT2D eigenvalue weighted by molar-refractivity contribution is 0.101. The number of nitrogens with one attached hydrogen (secondary N) is 1. The summed E-state index contributed by atoms with van der Waals surface area (Å²) < 4.78 is 17.1. The zero-order valence-corrected chi connectivity index (χ0v) is 19.4. The molecule has 1 aromatic heterocycles. The molecule has 0 aliphatic heterocycles. The van der Waals surface area contributed by atoms with Gasteiger partial charge >= 0.3 is 0 Å². The highest BCUT2D eigenvalue weighted by atomic mass is 32.1. The molecular formula is C24H26N2O5S. The maximum Gasteiger partial charge on any atom is 0.257 e. The van der Waals surface area contributed by atoms with Crippen LogP contribution in [0.2, 0.25) is 0 Å². The van der Waals surface area contributed by atoms with Crippen molar-refractivity contribution in [2.45, 2.75) is 27.7 Å². The minimum atomic E-state index is -0.390. The SMILES string of the molecule is CCOc1cc(C(=O)Nc2nc(-c3ccccc3)c(C(C)=O)s2)cc(OCC)c1OCC. The molecule has 0 unspecified atom stereocenters. The highest BCUT2D eigenvalue weighted by Gasteiger charge is 2.21. The largest absolute Gasteiger partial charge is 0.490 e. The monoisotopic (exact) mass is 454 g/mol. The first-order valence-electron chi connectivity index (χ1n) is 10.4. The summed E-state index contributed by atoms with van der Waals surface area (Å²) in [6.07, 6.45) is 0. The van der Waals surface area contributed by atoms with Crippen molar-refractivity contribution < 1.29 is 23.8 Å². The molecule has 0 atom stereocenters. The zero-order chi connectivity index (χ0) is 23.1. The molecule has 3 rings (SSSR count). The van der Waals surface area contributed by atoms with Crippen LogP contribution in [0, 0.1) is 0 Å². The predicted molar refractivity (Wildman–Crippen MR) is 125 cm³/mol. The molecule has 1 amide bonds. The number of Topliss-reactive ketones (excluding diaryl/α,β-unsaturated/α-hetero) is 1. The van der Waals surface area contributed by atoms with Crippen LogP contribution in [0.25, 0.3) is 11.3 Å². The molecule has 0 spiro atoms. The first-order valence-corrected chi connectivity index (χ1v) is 11.2. The van der Waals surface area contributed by atoms with Crippen molar-refractivity contribution in [2.24, 2.45) is 0 Å². The van der Waals surface area contributed by atoms with Gasteiger partial charge in [-0.25, -0.2) is 4.98 Å². The van der Waals surface area contributed by atoms with Gasteiger partial charge in [0, 0.05) is 18.1 Å². The van der Waals surface area contributed by atoms with E-state index in [0.29, 0.717) is 58.3 Å². The number of anilines is 1. The number of nitrogens with zero attached hydrogens (tertiary/aromatic N) is 1. The zero-order valence-electron chi connectivity index (χ0n) is 18.6. The molecule has 0 saturated heterocycles. The average molecular weight is 455 g/mol. The van der Waals surface area contributed by atoms with Crippen LogP contribution in [0.1, 0.15) is 47.7 Å². The van der Waals surface area contributed by atoms with Gasteiger partial charge < -0.3 is 14.2 Å². The fraction of sp³-hybridized carbons (Fsp3) is 0.292. The minimum Gasteiger partial charge on any atom is -0.490 e. The van der Waals surface area contributed by atoms with E-state index in [-0.39, 0.29) is 5.78 Å². The average Bonchev–Trinajstić information content (AvgIpc) is 3.21. The first kappa shape index (κ1) is 23.3. The summed E-state index contributed by atoms with van der Waals surface area (Å²) in [5.41, 5.74) is 1.70. The van der Waals surface area contributed by atoms with Crippen LogP contribution in [0.4, 0.5) is 5.13 Å². The van der Waals surface area contributed by atoms with Crippen LogP contribution in [0.5, 0.6) is 17.2 Å². The first-order chi connectivity index (χ1) is 15.5. The van der Waals surface area contributed by atoms with Gasteiger partial charge in [-0.3, -0.25) is 14.9 Å². The molecule has 0 saturated carbocycles. The van der Waals surface area contributed by atoms with Crippen LogP contribution in [-0.2, 0) is 0 Å². The van der Waals surface area contributed by atoms with E-state index in [1.165, 1.54) is 6.92 Å². The maximum absolute atomic E-state index is 13.0. The number of benzene rings is 2. The molecular weight excluding hydrogens is 428 g/mol. The van der Waals surface area contributed by atoms with E-state index in [9.17, 15) is 9.59 Å². The van der Waals surface area contributed by atoms with E-state index >= 15 is 0 Å². The van der Waals surface area contributed by atoms with Gasteiger partial charge in [0.2, 0.25) is 5.75 Å². The van der Waals surface area contributed by atoms with E-state index in [0.717, 1.165) is 16.9 Å². The van der Waals surface area contributed by atoms with Crippen LogP contribution >= 0.6 is 11.3 Å². The molecule has 1 heterocycles. The number of rotatable bonds is 10. The number of amides is 1. The van der Waals surface area contributed by atoms with E-state index < -0.39 is 5.91 Å². The Bertz CT molecular complexity index is 1070. The Hall–Kier alpha value is -3.39. The summed E-state index contributed by atoms with van der Waals surface area (Å²) in [6.45, 7) is 8.31. The molecule has 2 aromatic carbocycles. The summed E-state index contributed by atoms with van der Waals surface area (Å²) in [7, 11) is 0. The Balaban J connectivity index is 1.95. The van der Waals surface area contributed by atoms with E-state index in [4.69, 9.17) is 14.2 Å². The quantitative estimate of drug-likeness (QED) is 0.409. The standard InChI is InChI=1S/C24H26N2O5S/c1-5-29-18-13-17(14-19(30-6-2)21(18)31-7-3)23(28)26-24-25-20(22(32-24)15(4)27)16-11-9-8-10-12-16/h8-14H,5-7H2,1-4H3,(H,25,26,28). The van der Waals surface area contributed by atoms with Crippen molar-refractivity contribution in [3.63, 3.8) is 0 Å². The summed E-state index contributed by atoms with van der Waals surface area (Å²) in [6, 6.07) is 12.6. The van der Waals surface area contributed by atoms with Crippen molar-refractivity contribution in [1.29, 1.82) is 0 Å². The molecule has 1 N–H and O–H groups in total. The number of aromatic nitrogens is 1. The fourth-order valence-electron chi connectivity index (χ4n) is 3.09. The predicted octanol–water partition coefficient (Wildman–Crippen LogP) is 5.46. The van der Waals surface area contributed by atoms with Crippen LogP contribution < -0.4 is 19.5 Å². The van der Waals surface area contributed by atoms with E-state index in [2.05, 4.69) is 10.3 Å². The Morgan fingerprint density at radius 2 is 1.53 bits per heavy atom. The second-order valence-electron chi connectivity index (χ2n) is 6.67. The van der Waals surface area contributed by atoms with Crippen molar-refractivity contribution >= 4 is 28.2 Å². The molecule has 0 fully saturated rings. The molecule has 0 aliphatic rings. The van der Waals surface area contributed by atoms with Crippen LogP contribution in [0.3, 0.4) is 0 Å². The molecule has 0 aliphatic carbocycles. The highest BCUT2D eigenvalue weighted by molar-refractivity contribution is 7.18. The van der Waals surface area contributed by atoms with Crippen LogP contribution in [-0.4, -0.2) is 36.5 Å². The highest BCUT2D eigenvalue weighted by Crippen LogP contribution is 2.39. The number of ether oxygens (including phenoxy) is 3. The van der Waals surface area contributed by atoms with E-state index in [1.807, 2.05) is 51.1 Å². The number of hydrogen-bond donors (Lipinski definition) is 1. The smallest absolute Gasteiger partial charge is 0.257 e. The van der Waals surface area contributed by atoms with Crippen molar-refractivity contribution in [1.82, 2.24) is 4.98 Å². The second kappa shape index (κ2) is 10.8. The lowest BCUT2D eigenvalue weighted by Gasteiger charge is -2.16. The topological polar surface area (TPSA) is 86.8 Å². The summed E-state index contributed by atoms with van der Waals surface area (Å²) in [4.78, 5) is 30.2. The summed E-state index contributed by atoms with van der Waals surface area (Å²) in [5, 5.41) is 3.13. The lowest BCUT2D eigenvalue weighted by Crippen LogP contribution is -2.13. The van der Waals surface area contributed by atoms with Crippen molar-refractivity contribution in [2.75, 3.05) is 25.1 Å². The van der Waals surface area contributed by atoms with Gasteiger partial charge in [0.1, 0.15) is 0 Å². The third-order valence-electron chi connectivity index (χ3n) is 4.39. The number of carbonyl (C=O) groups is 2. The van der Waals surface area contributed by atoms with Gasteiger partial charge in [0.05, 0.1) is 30.4 Å². The molecule has 8 heteroatoms. The second-order valence-corrected chi connectivity index (χ2v) is 7.67. The molecule has 0 bridgehead atoms. The molecule has 7 nitrogen and oxygen atoms in total. The van der Waals surface area contributed by atoms with Gasteiger partial charge in [-0.15, -0.1) is 0 Å². The fourth-order valence-corrected chi connectivity index (χ4v) is 3.97. The number of ketones is 1.